The summed E-state index contributed by atoms with van der Waals surface area (Å²) in [6, 6.07) is 13.3. The maximum absolute atomic E-state index is 12.1. The second-order valence-electron chi connectivity index (χ2n) is 6.04. The highest BCUT2D eigenvalue weighted by Crippen LogP contribution is 2.19. The Labute approximate surface area is 159 Å². The predicted molar refractivity (Wildman–Crippen MR) is 104 cm³/mol. The van der Waals surface area contributed by atoms with Crippen LogP contribution in [0, 0.1) is 6.92 Å². The number of methoxy groups -OCH3 is 1. The van der Waals surface area contributed by atoms with Gasteiger partial charge in [0.05, 0.1) is 24.6 Å². The molecule has 0 spiro atoms. The lowest BCUT2D eigenvalue weighted by Crippen LogP contribution is -2.33. The standard InChI is InChI=1S/C19H22N2O5S/c1-14-4-8-16(9-5-14)20-18(22)12-13-21(27(3,24)25)17-10-6-15(7-11-17)19(23)26-2/h4-11H,12-13H2,1-3H3,(H,20,22). The molecule has 1 N–H and O–H groups in total. The summed E-state index contributed by atoms with van der Waals surface area (Å²) in [7, 11) is -2.32. The van der Waals surface area contributed by atoms with Crippen LogP contribution in [0.2, 0.25) is 0 Å². The van der Waals surface area contributed by atoms with Gasteiger partial charge in [0.1, 0.15) is 0 Å². The van der Waals surface area contributed by atoms with E-state index in [0.29, 0.717) is 16.9 Å². The molecule has 0 aliphatic heterocycles. The molecule has 0 heterocycles. The van der Waals surface area contributed by atoms with E-state index in [1.807, 2.05) is 19.1 Å². The number of ether oxygens (including phenoxy) is 1. The van der Waals surface area contributed by atoms with Crippen LogP contribution in [0.4, 0.5) is 11.4 Å². The fourth-order valence-electron chi connectivity index (χ4n) is 2.43. The fraction of sp³-hybridized carbons (Fsp3) is 0.263. The summed E-state index contributed by atoms with van der Waals surface area (Å²) in [5, 5.41) is 2.74. The summed E-state index contributed by atoms with van der Waals surface area (Å²) in [5.74, 6) is -0.802. The van der Waals surface area contributed by atoms with Gasteiger partial charge in [0.25, 0.3) is 0 Å². The fourth-order valence-corrected chi connectivity index (χ4v) is 3.36. The van der Waals surface area contributed by atoms with Crippen molar-refractivity contribution >= 4 is 33.3 Å². The third-order valence-corrected chi connectivity index (χ3v) is 5.05. The van der Waals surface area contributed by atoms with Gasteiger partial charge in [0.2, 0.25) is 15.9 Å². The van der Waals surface area contributed by atoms with Crippen LogP contribution >= 0.6 is 0 Å². The molecule has 8 heteroatoms. The van der Waals surface area contributed by atoms with Crippen LogP contribution < -0.4 is 9.62 Å². The van der Waals surface area contributed by atoms with Crippen molar-refractivity contribution in [2.75, 3.05) is 29.5 Å². The number of hydrogen-bond acceptors (Lipinski definition) is 5. The molecule has 2 aromatic rings. The lowest BCUT2D eigenvalue weighted by Gasteiger charge is -2.22. The van der Waals surface area contributed by atoms with Crippen LogP contribution in [0.5, 0.6) is 0 Å². The van der Waals surface area contributed by atoms with E-state index < -0.39 is 16.0 Å². The van der Waals surface area contributed by atoms with E-state index >= 15 is 0 Å². The molecular weight excluding hydrogens is 368 g/mol. The van der Waals surface area contributed by atoms with E-state index in [1.165, 1.54) is 31.4 Å². The molecule has 0 bridgehead atoms. The third-order valence-electron chi connectivity index (χ3n) is 3.85. The van der Waals surface area contributed by atoms with Crippen molar-refractivity contribution in [3.05, 3.63) is 59.7 Å². The smallest absolute Gasteiger partial charge is 0.337 e. The first-order valence-electron chi connectivity index (χ1n) is 8.23. The summed E-state index contributed by atoms with van der Waals surface area (Å²) < 4.78 is 30.0. The van der Waals surface area contributed by atoms with Gasteiger partial charge in [-0.15, -0.1) is 0 Å². The molecule has 1 amide bonds. The Kier molecular flexibility index (Phi) is 6.57. The molecule has 0 radical (unpaired) electrons. The predicted octanol–water partition coefficient (Wildman–Crippen LogP) is 2.58. The minimum absolute atomic E-state index is 0.0142. The largest absolute Gasteiger partial charge is 0.465 e. The molecule has 2 aromatic carbocycles. The summed E-state index contributed by atoms with van der Waals surface area (Å²) in [6.45, 7) is 1.93. The Morgan fingerprint density at radius 3 is 2.15 bits per heavy atom. The molecule has 2 rings (SSSR count). The number of rotatable bonds is 7. The van der Waals surface area contributed by atoms with Gasteiger partial charge in [0.15, 0.2) is 0 Å². The number of anilines is 2. The van der Waals surface area contributed by atoms with Gasteiger partial charge in [-0.25, -0.2) is 13.2 Å². The number of amides is 1. The maximum Gasteiger partial charge on any atom is 0.337 e. The average molecular weight is 390 g/mol. The summed E-state index contributed by atoms with van der Waals surface area (Å²) in [4.78, 5) is 23.6. The third kappa shape index (κ3) is 5.82. The van der Waals surface area contributed by atoms with E-state index in [4.69, 9.17) is 0 Å². The molecule has 0 aliphatic rings. The molecule has 144 valence electrons. The lowest BCUT2D eigenvalue weighted by atomic mass is 10.2. The summed E-state index contributed by atoms with van der Waals surface area (Å²) >= 11 is 0. The number of esters is 1. The molecule has 7 nitrogen and oxygen atoms in total. The summed E-state index contributed by atoms with van der Waals surface area (Å²) in [6.07, 6.45) is 1.05. The van der Waals surface area contributed by atoms with Crippen LogP contribution in [0.15, 0.2) is 48.5 Å². The Morgan fingerprint density at radius 2 is 1.63 bits per heavy atom. The van der Waals surface area contributed by atoms with Gasteiger partial charge < -0.3 is 10.1 Å². The van der Waals surface area contributed by atoms with E-state index in [-0.39, 0.29) is 18.9 Å². The Balaban J connectivity index is 2.07. The Hall–Kier alpha value is -2.87. The minimum atomic E-state index is -3.59. The van der Waals surface area contributed by atoms with Crippen molar-refractivity contribution in [3.8, 4) is 0 Å². The van der Waals surface area contributed by atoms with Crippen molar-refractivity contribution in [2.24, 2.45) is 0 Å². The Morgan fingerprint density at radius 1 is 1.04 bits per heavy atom. The van der Waals surface area contributed by atoms with Crippen molar-refractivity contribution in [1.82, 2.24) is 0 Å². The molecule has 0 unspecified atom stereocenters. The number of carbonyl (C=O) groups is 2. The first-order chi connectivity index (χ1) is 12.7. The highest BCUT2D eigenvalue weighted by molar-refractivity contribution is 7.92. The van der Waals surface area contributed by atoms with Crippen LogP contribution in [0.3, 0.4) is 0 Å². The molecule has 0 fully saturated rings. The van der Waals surface area contributed by atoms with Gasteiger partial charge in [-0.2, -0.15) is 0 Å². The van der Waals surface area contributed by atoms with Crippen LogP contribution in [-0.4, -0.2) is 40.2 Å². The topological polar surface area (TPSA) is 92.8 Å². The highest BCUT2D eigenvalue weighted by atomic mass is 32.2. The monoisotopic (exact) mass is 390 g/mol. The Bertz CT molecular complexity index is 906. The zero-order valence-corrected chi connectivity index (χ0v) is 16.2. The van der Waals surface area contributed by atoms with Gasteiger partial charge in [-0.1, -0.05) is 17.7 Å². The number of aryl methyl sites for hydroxylation is 1. The average Bonchev–Trinajstić information content (AvgIpc) is 2.62. The molecule has 0 atom stereocenters. The molecule has 0 saturated carbocycles. The van der Waals surface area contributed by atoms with Crippen molar-refractivity contribution in [3.63, 3.8) is 0 Å². The number of carbonyl (C=O) groups excluding carboxylic acids is 2. The zero-order chi connectivity index (χ0) is 20.0. The quantitative estimate of drug-likeness (QED) is 0.734. The number of hydrogen-bond donors (Lipinski definition) is 1. The van der Waals surface area contributed by atoms with E-state index in [1.54, 1.807) is 12.1 Å². The first kappa shape index (κ1) is 20.4. The molecule has 27 heavy (non-hydrogen) atoms. The molecule has 0 aliphatic carbocycles. The van der Waals surface area contributed by atoms with Crippen molar-refractivity contribution in [2.45, 2.75) is 13.3 Å². The van der Waals surface area contributed by atoms with Gasteiger partial charge in [-0.05, 0) is 43.3 Å². The number of sulfonamides is 1. The molecule has 0 saturated heterocycles. The van der Waals surface area contributed by atoms with Crippen LogP contribution in [0.1, 0.15) is 22.3 Å². The van der Waals surface area contributed by atoms with Crippen LogP contribution in [-0.2, 0) is 19.6 Å². The summed E-state index contributed by atoms with van der Waals surface area (Å²) in [5.41, 5.74) is 2.41. The second kappa shape index (κ2) is 8.68. The normalized spacial score (nSPS) is 10.9. The van der Waals surface area contributed by atoms with E-state index in [0.717, 1.165) is 16.1 Å². The van der Waals surface area contributed by atoms with E-state index in [2.05, 4.69) is 10.1 Å². The SMILES string of the molecule is COC(=O)c1ccc(N(CCC(=O)Nc2ccc(C)cc2)S(C)(=O)=O)cc1. The minimum Gasteiger partial charge on any atom is -0.465 e. The van der Waals surface area contributed by atoms with E-state index in [9.17, 15) is 18.0 Å². The van der Waals surface area contributed by atoms with Gasteiger partial charge in [-0.3, -0.25) is 9.10 Å². The van der Waals surface area contributed by atoms with Crippen molar-refractivity contribution in [1.29, 1.82) is 0 Å². The first-order valence-corrected chi connectivity index (χ1v) is 10.1. The highest BCUT2D eigenvalue weighted by Gasteiger charge is 2.19. The van der Waals surface area contributed by atoms with Crippen LogP contribution in [0.25, 0.3) is 0 Å². The maximum atomic E-state index is 12.1. The zero-order valence-electron chi connectivity index (χ0n) is 15.4. The second-order valence-corrected chi connectivity index (χ2v) is 7.94. The van der Waals surface area contributed by atoms with Gasteiger partial charge in [0, 0.05) is 18.7 Å². The number of nitrogens with zero attached hydrogens (tertiary/aromatic N) is 1. The molecular formula is C19H22N2O5S. The molecule has 0 aromatic heterocycles. The lowest BCUT2D eigenvalue weighted by molar-refractivity contribution is -0.116. The van der Waals surface area contributed by atoms with Crippen molar-refractivity contribution < 1.29 is 22.7 Å². The number of benzene rings is 2. The number of nitrogens with one attached hydrogen (secondary N) is 1. The van der Waals surface area contributed by atoms with Gasteiger partial charge >= 0.3 is 5.97 Å².